The first kappa shape index (κ1) is 21.2. The van der Waals surface area contributed by atoms with E-state index in [0.29, 0.717) is 11.0 Å². The van der Waals surface area contributed by atoms with Crippen LogP contribution in [0.2, 0.25) is 0 Å². The zero-order valence-corrected chi connectivity index (χ0v) is 31.6. The molecule has 0 bridgehead atoms. The number of aryl methyl sites for hydroxylation is 1. The van der Waals surface area contributed by atoms with Crippen LogP contribution in [-0.4, -0.2) is 6.71 Å². The van der Waals surface area contributed by atoms with Gasteiger partial charge in [-0.15, -0.1) is 0 Å². The molecular formula is C47H55BN2. The molecule has 0 amide bonds. The summed E-state index contributed by atoms with van der Waals surface area (Å²) in [5.74, 6) is 0. The van der Waals surface area contributed by atoms with Crippen molar-refractivity contribution < 1.29 is 19.2 Å². The van der Waals surface area contributed by atoms with Crippen molar-refractivity contribution in [3.05, 3.63) is 125 Å². The Morgan fingerprint density at radius 1 is 0.440 bits per heavy atom. The molecule has 0 saturated heterocycles. The van der Waals surface area contributed by atoms with Gasteiger partial charge < -0.3 is 9.80 Å². The second-order valence-corrected chi connectivity index (χ2v) is 17.8. The third-order valence-corrected chi connectivity index (χ3v) is 9.39. The Kier molecular flexibility index (Phi) is 4.83. The molecule has 0 saturated carbocycles. The first-order valence-electron chi connectivity index (χ1n) is 24.4. The van der Waals surface area contributed by atoms with E-state index in [0.717, 1.165) is 0 Å². The average molecular weight is 673 g/mol. The maximum atomic E-state index is 10.1. The number of anilines is 6. The van der Waals surface area contributed by atoms with E-state index >= 15 is 0 Å². The van der Waals surface area contributed by atoms with Crippen molar-refractivity contribution >= 4 is 57.2 Å². The Labute approximate surface area is 322 Å². The van der Waals surface area contributed by atoms with E-state index in [-0.39, 0.29) is 128 Å². The third kappa shape index (κ3) is 5.77. The topological polar surface area (TPSA) is 6.48 Å². The van der Waals surface area contributed by atoms with E-state index in [1.165, 1.54) is 9.80 Å². The molecule has 3 heteroatoms. The monoisotopic (exact) mass is 673 g/mol. The second-order valence-electron chi connectivity index (χ2n) is 17.8. The molecule has 0 aliphatic carbocycles. The van der Waals surface area contributed by atoms with Crippen molar-refractivity contribution in [1.29, 1.82) is 0 Å². The number of fused-ring (bicyclic) bond motifs is 4. The fourth-order valence-corrected chi connectivity index (χ4v) is 6.50. The lowest BCUT2D eigenvalue weighted by Crippen LogP contribution is -2.61. The molecule has 0 aromatic heterocycles. The van der Waals surface area contributed by atoms with Crippen LogP contribution in [0.1, 0.15) is 130 Å². The lowest BCUT2D eigenvalue weighted by molar-refractivity contribution is 0.590. The van der Waals surface area contributed by atoms with Crippen LogP contribution in [0.4, 0.5) is 34.1 Å². The van der Waals surface area contributed by atoms with Gasteiger partial charge in [0.05, 0.1) is 19.2 Å². The largest absolute Gasteiger partial charge is 0.311 e. The summed E-state index contributed by atoms with van der Waals surface area (Å²) in [6, 6.07) is -0.991. The summed E-state index contributed by atoms with van der Waals surface area (Å²) in [4.78, 5) is 2.84. The summed E-state index contributed by atoms with van der Waals surface area (Å²) in [5, 5.41) is 0. The summed E-state index contributed by atoms with van der Waals surface area (Å²) in [6.07, 6.45) is 0. The van der Waals surface area contributed by atoms with Gasteiger partial charge in [-0.25, -0.2) is 0 Å². The Bertz CT molecular complexity index is 2650. The molecule has 0 fully saturated rings. The highest BCUT2D eigenvalue weighted by molar-refractivity contribution is 7.00. The summed E-state index contributed by atoms with van der Waals surface area (Å²) in [7, 11) is 0. The maximum absolute atomic E-state index is 10.1. The van der Waals surface area contributed by atoms with Gasteiger partial charge in [0.15, 0.2) is 0 Å². The van der Waals surface area contributed by atoms with Gasteiger partial charge in [-0.05, 0) is 121 Å². The van der Waals surface area contributed by atoms with Crippen LogP contribution < -0.4 is 26.2 Å². The number of nitrogens with zero attached hydrogens (tertiary/aromatic N) is 2. The number of hydrogen-bond acceptors (Lipinski definition) is 2. The molecule has 0 radical (unpaired) electrons. The van der Waals surface area contributed by atoms with Crippen molar-refractivity contribution in [3.8, 4) is 0 Å². The van der Waals surface area contributed by atoms with E-state index in [1.807, 2.05) is 41.5 Å². The second kappa shape index (κ2) is 11.4. The SMILES string of the molecule is [2H]c1c([2H])c(C(C)(C)C)c([2H])c([2H])c1N1c2cc(C)cc3c2B(c2c([2H])c(C(C)(C)C)c([2H])c([2H])c21)c1c([2H])c(C(C)(C)C)c([2H])c([2H])c1N3c1c([2H])c([2H])c(C(C)(C)C)c([2H])c1[2H]. The minimum atomic E-state index is -1.17. The maximum Gasteiger partial charge on any atom is 0.252 e. The number of rotatable bonds is 2. The molecule has 256 valence electrons. The van der Waals surface area contributed by atoms with E-state index in [4.69, 9.17) is 0 Å². The third-order valence-electron chi connectivity index (χ3n) is 9.39. The standard InChI is InChI=1S/C47H55BN2/c1-30-26-41-43-42(27-30)50(36-22-16-32(17-23-36)45(5,6)7)40-25-19-34(47(11,12)13)29-38(40)48(43)37-28-33(46(8,9)10)18-24-39(37)49(41)35-20-14-31(15-21-35)44(2,3)4/h14-29H,1-13H3/i14D,15D,16D,17D,18D,19D,20D,21D,22D,23D,24D,25D,28D,29D. The average Bonchev–Trinajstić information content (AvgIpc) is 3.13. The van der Waals surface area contributed by atoms with Crippen molar-refractivity contribution in [2.45, 2.75) is 112 Å². The van der Waals surface area contributed by atoms with E-state index in [9.17, 15) is 19.2 Å². The van der Waals surface area contributed by atoms with Crippen molar-refractivity contribution in [2.24, 2.45) is 0 Å². The van der Waals surface area contributed by atoms with Gasteiger partial charge in [0.25, 0.3) is 6.71 Å². The molecule has 0 spiro atoms. The highest BCUT2D eigenvalue weighted by Gasteiger charge is 2.44. The lowest BCUT2D eigenvalue weighted by atomic mass is 9.33. The molecule has 0 unspecified atom stereocenters. The van der Waals surface area contributed by atoms with Crippen molar-refractivity contribution in [3.63, 3.8) is 0 Å². The molecule has 0 N–H and O–H groups in total. The van der Waals surface area contributed by atoms with Gasteiger partial charge in [-0.2, -0.15) is 0 Å². The summed E-state index contributed by atoms with van der Waals surface area (Å²) in [5.41, 5.74) is -1.61. The Balaban J connectivity index is 1.83. The minimum Gasteiger partial charge on any atom is -0.311 e. The molecule has 2 nitrogen and oxygen atoms in total. The molecule has 50 heavy (non-hydrogen) atoms. The van der Waals surface area contributed by atoms with Crippen molar-refractivity contribution in [2.75, 3.05) is 9.80 Å². The quantitative estimate of drug-likeness (QED) is 0.169. The van der Waals surface area contributed by atoms with Gasteiger partial charge in [0.1, 0.15) is 0 Å². The van der Waals surface area contributed by atoms with Gasteiger partial charge in [-0.1, -0.05) is 131 Å². The molecular weight excluding hydrogens is 603 g/mol. The number of benzene rings is 5. The predicted octanol–water partition coefficient (Wildman–Crippen LogP) is 11.3. The normalized spacial score (nSPS) is 18.3. The first-order valence-corrected chi connectivity index (χ1v) is 17.4. The molecule has 2 heterocycles. The van der Waals surface area contributed by atoms with Crippen LogP contribution in [0.3, 0.4) is 0 Å². The zero-order chi connectivity index (χ0) is 48.3. The smallest absolute Gasteiger partial charge is 0.252 e. The molecule has 5 aromatic carbocycles. The highest BCUT2D eigenvalue weighted by atomic mass is 15.2. The predicted molar refractivity (Wildman–Crippen MR) is 220 cm³/mol. The molecule has 2 aliphatic rings. The summed E-state index contributed by atoms with van der Waals surface area (Å²) >= 11 is 0. The Hall–Kier alpha value is -4.24. The minimum absolute atomic E-state index is 0.0577. The first-order chi connectivity index (χ1) is 29.1. The highest BCUT2D eigenvalue weighted by Crippen LogP contribution is 2.46. The van der Waals surface area contributed by atoms with Crippen LogP contribution in [0.5, 0.6) is 0 Å². The zero-order valence-electron chi connectivity index (χ0n) is 45.6. The van der Waals surface area contributed by atoms with E-state index in [2.05, 4.69) is 0 Å². The van der Waals surface area contributed by atoms with E-state index in [1.54, 1.807) is 60.6 Å². The Morgan fingerprint density at radius 2 is 0.760 bits per heavy atom. The van der Waals surface area contributed by atoms with Crippen LogP contribution >= 0.6 is 0 Å². The molecule has 0 atom stereocenters. The summed E-state index contributed by atoms with van der Waals surface area (Å²) in [6.45, 7) is 22.3. The van der Waals surface area contributed by atoms with Crippen molar-refractivity contribution in [1.82, 2.24) is 0 Å². The van der Waals surface area contributed by atoms with Gasteiger partial charge in [-0.3, -0.25) is 0 Å². The van der Waals surface area contributed by atoms with Gasteiger partial charge >= 0.3 is 0 Å². The lowest BCUT2D eigenvalue weighted by Gasteiger charge is -2.45. The fraction of sp³-hybridized carbons (Fsp3) is 0.362. The van der Waals surface area contributed by atoms with E-state index < -0.39 is 52.5 Å². The molecule has 5 aromatic rings. The number of hydrogen-bond donors (Lipinski definition) is 0. The Morgan fingerprint density at radius 3 is 1.08 bits per heavy atom. The van der Waals surface area contributed by atoms with Gasteiger partial charge in [0.2, 0.25) is 0 Å². The molecule has 7 rings (SSSR count). The van der Waals surface area contributed by atoms with Crippen LogP contribution in [0.25, 0.3) is 0 Å². The van der Waals surface area contributed by atoms with Gasteiger partial charge in [0, 0.05) is 34.1 Å². The summed E-state index contributed by atoms with van der Waals surface area (Å²) < 4.78 is 134. The van der Waals surface area contributed by atoms with Crippen LogP contribution in [-0.2, 0) is 21.7 Å². The van der Waals surface area contributed by atoms with Crippen LogP contribution in [0, 0.1) is 6.92 Å². The fourth-order valence-electron chi connectivity index (χ4n) is 6.50. The molecule has 2 aliphatic heterocycles. The van der Waals surface area contributed by atoms with Crippen LogP contribution in [0.15, 0.2) is 96.7 Å².